The molecule has 0 unspecified atom stereocenters. The Morgan fingerprint density at radius 2 is 1.81 bits per heavy atom. The molecule has 0 amide bonds. The van der Waals surface area contributed by atoms with E-state index in [-0.39, 0.29) is 18.6 Å². The second-order valence-corrected chi connectivity index (χ2v) is 10.7. The zero-order chi connectivity index (χ0) is 19.3. The van der Waals surface area contributed by atoms with Crippen LogP contribution in [-0.2, 0) is 4.79 Å². The van der Waals surface area contributed by atoms with E-state index in [2.05, 4.69) is 13.8 Å². The van der Waals surface area contributed by atoms with Gasteiger partial charge in [-0.25, -0.2) is 0 Å². The summed E-state index contributed by atoms with van der Waals surface area (Å²) in [7, 11) is 0. The smallest absolute Gasteiger partial charge is 0.303 e. The van der Waals surface area contributed by atoms with E-state index in [0.29, 0.717) is 46.8 Å². The quantitative estimate of drug-likeness (QED) is 0.688. The number of carbonyl (C=O) groups is 1. The molecule has 4 fully saturated rings. The van der Waals surface area contributed by atoms with Gasteiger partial charge >= 0.3 is 5.97 Å². The highest BCUT2D eigenvalue weighted by Gasteiger charge is 2.59. The van der Waals surface area contributed by atoms with Crippen LogP contribution < -0.4 is 0 Å². The average molecular weight is 379 g/mol. The first-order chi connectivity index (χ1) is 12.8. The van der Waals surface area contributed by atoms with Gasteiger partial charge < -0.3 is 15.3 Å². The van der Waals surface area contributed by atoms with Gasteiger partial charge in [-0.15, -0.1) is 0 Å². The highest BCUT2D eigenvalue weighted by Crippen LogP contribution is 2.64. The summed E-state index contributed by atoms with van der Waals surface area (Å²) in [5.74, 6) is 3.24. The Morgan fingerprint density at radius 1 is 1.07 bits per heavy atom. The summed E-state index contributed by atoms with van der Waals surface area (Å²) in [6.07, 6.45) is 9.38. The Labute approximate surface area is 163 Å². The molecule has 3 N–H and O–H groups in total. The van der Waals surface area contributed by atoms with E-state index in [1.54, 1.807) is 0 Å². The van der Waals surface area contributed by atoms with Crippen LogP contribution in [0.25, 0.3) is 0 Å². The summed E-state index contributed by atoms with van der Waals surface area (Å²) in [6, 6.07) is 0. The van der Waals surface area contributed by atoms with Gasteiger partial charge in [0.2, 0.25) is 0 Å². The minimum absolute atomic E-state index is 0.172. The largest absolute Gasteiger partial charge is 0.481 e. The number of aliphatic hydroxyl groups is 2. The first-order valence-electron chi connectivity index (χ1n) is 11.4. The first-order valence-corrected chi connectivity index (χ1v) is 11.4. The Hall–Kier alpha value is -0.610. The molecule has 4 rings (SSSR count). The van der Waals surface area contributed by atoms with Crippen molar-refractivity contribution in [2.75, 3.05) is 0 Å². The van der Waals surface area contributed by atoms with E-state index in [9.17, 15) is 15.0 Å². The lowest BCUT2D eigenvalue weighted by atomic mass is 9.46. The van der Waals surface area contributed by atoms with Gasteiger partial charge in [-0.3, -0.25) is 4.79 Å². The maximum absolute atomic E-state index is 11.1. The van der Waals surface area contributed by atoms with Gasteiger partial charge in [-0.1, -0.05) is 13.8 Å². The molecule has 0 spiro atoms. The third-order valence-corrected chi connectivity index (χ3v) is 9.57. The lowest BCUT2D eigenvalue weighted by molar-refractivity contribution is -0.158. The van der Waals surface area contributed by atoms with Crippen LogP contribution in [0.4, 0.5) is 0 Å². The van der Waals surface area contributed by atoms with Crippen molar-refractivity contribution in [3.8, 4) is 0 Å². The summed E-state index contributed by atoms with van der Waals surface area (Å²) in [5.41, 5.74) is 0.293. The van der Waals surface area contributed by atoms with Gasteiger partial charge in [0, 0.05) is 6.42 Å². The molecule has 0 bridgehead atoms. The summed E-state index contributed by atoms with van der Waals surface area (Å²) in [4.78, 5) is 11.0. The number of fused-ring (bicyclic) bond motifs is 5. The average Bonchev–Trinajstić information content (AvgIpc) is 3.05. The third-order valence-electron chi connectivity index (χ3n) is 9.57. The zero-order valence-electron chi connectivity index (χ0n) is 17.0. The van der Waals surface area contributed by atoms with Crippen molar-refractivity contribution >= 4 is 5.97 Å². The molecule has 4 aliphatic carbocycles. The molecule has 0 heterocycles. The van der Waals surface area contributed by atoms with E-state index in [1.807, 2.05) is 0 Å². The molecule has 4 saturated carbocycles. The van der Waals surface area contributed by atoms with Crippen LogP contribution in [0, 0.1) is 46.8 Å². The molecule has 0 aromatic rings. The van der Waals surface area contributed by atoms with Crippen molar-refractivity contribution in [3.05, 3.63) is 0 Å². The fraction of sp³-hybridized carbons (Fsp3) is 0.957. The molecular weight excluding hydrogens is 340 g/mol. The van der Waals surface area contributed by atoms with Crippen LogP contribution in [0.15, 0.2) is 0 Å². The molecule has 4 heteroatoms. The summed E-state index contributed by atoms with van der Waals surface area (Å²) >= 11 is 0. The fourth-order valence-electron chi connectivity index (χ4n) is 8.19. The van der Waals surface area contributed by atoms with Gasteiger partial charge in [0.25, 0.3) is 0 Å². The number of hydrogen-bond donors (Lipinski definition) is 3. The SMILES string of the molecule is C[C@H](CCC(=O)O)[C@H]1CC[C@@H]2[C@@H]1CC[C@@H]1[C@@H]2[C@H](O)C[C@@H]2C[C@H](O)CC[C@@]21C. The first kappa shape index (κ1) is 19.7. The molecule has 27 heavy (non-hydrogen) atoms. The van der Waals surface area contributed by atoms with Crippen LogP contribution in [-0.4, -0.2) is 33.5 Å². The molecule has 0 saturated heterocycles. The molecule has 0 aromatic carbocycles. The third kappa shape index (κ3) is 3.35. The number of carboxylic acid groups (broad SMARTS) is 1. The number of rotatable bonds is 4. The highest BCUT2D eigenvalue weighted by molar-refractivity contribution is 5.66. The second-order valence-electron chi connectivity index (χ2n) is 10.7. The summed E-state index contributed by atoms with van der Waals surface area (Å²) < 4.78 is 0. The molecule has 10 atom stereocenters. The Morgan fingerprint density at radius 3 is 2.56 bits per heavy atom. The normalized spacial score (nSPS) is 50.4. The maximum atomic E-state index is 11.1. The standard InChI is InChI=1S/C23H38O4/c1-13(3-8-21(26)27)16-4-5-18-17(16)6-7-19-22(18)20(25)12-14-11-15(24)9-10-23(14,19)2/h13-20,22,24-25H,3-12H2,1-2H3,(H,26,27)/t13-,14+,15-,16-,17-,18-,19-,20-,22-,23+/m1/s1. The fourth-order valence-corrected chi connectivity index (χ4v) is 8.19. The van der Waals surface area contributed by atoms with E-state index in [0.717, 1.165) is 32.1 Å². The number of aliphatic hydroxyl groups excluding tert-OH is 2. The molecular formula is C23H38O4. The van der Waals surface area contributed by atoms with Crippen LogP contribution in [0.3, 0.4) is 0 Å². The predicted octanol–water partition coefficient (Wildman–Crippen LogP) is 4.09. The minimum Gasteiger partial charge on any atom is -0.481 e. The lowest BCUT2D eigenvalue weighted by Crippen LogP contribution is -2.56. The monoisotopic (exact) mass is 378 g/mol. The highest BCUT2D eigenvalue weighted by atomic mass is 16.4. The van der Waals surface area contributed by atoms with Gasteiger partial charge in [-0.05, 0) is 105 Å². The van der Waals surface area contributed by atoms with Crippen LogP contribution >= 0.6 is 0 Å². The van der Waals surface area contributed by atoms with Gasteiger partial charge in [0.1, 0.15) is 0 Å². The van der Waals surface area contributed by atoms with E-state index < -0.39 is 5.97 Å². The predicted molar refractivity (Wildman–Crippen MR) is 104 cm³/mol. The van der Waals surface area contributed by atoms with Crippen molar-refractivity contribution in [2.45, 2.75) is 90.3 Å². The van der Waals surface area contributed by atoms with Gasteiger partial charge in [-0.2, -0.15) is 0 Å². The Balaban J connectivity index is 1.50. The topological polar surface area (TPSA) is 77.8 Å². The molecule has 154 valence electrons. The van der Waals surface area contributed by atoms with Crippen molar-refractivity contribution in [1.82, 2.24) is 0 Å². The van der Waals surface area contributed by atoms with Crippen LogP contribution in [0.5, 0.6) is 0 Å². The van der Waals surface area contributed by atoms with E-state index >= 15 is 0 Å². The lowest BCUT2D eigenvalue weighted by Gasteiger charge is -2.60. The van der Waals surface area contributed by atoms with E-state index in [1.165, 1.54) is 25.7 Å². The molecule has 4 nitrogen and oxygen atoms in total. The second kappa shape index (κ2) is 7.33. The molecule has 0 radical (unpaired) electrons. The molecule has 0 aliphatic heterocycles. The number of aliphatic carboxylic acids is 1. The number of carboxylic acids is 1. The van der Waals surface area contributed by atoms with Crippen molar-refractivity contribution in [1.29, 1.82) is 0 Å². The van der Waals surface area contributed by atoms with E-state index in [4.69, 9.17) is 5.11 Å². The van der Waals surface area contributed by atoms with Crippen molar-refractivity contribution in [2.24, 2.45) is 46.8 Å². The van der Waals surface area contributed by atoms with Crippen LogP contribution in [0.2, 0.25) is 0 Å². The minimum atomic E-state index is -0.679. The summed E-state index contributed by atoms with van der Waals surface area (Å²) in [5, 5.41) is 30.3. The summed E-state index contributed by atoms with van der Waals surface area (Å²) in [6.45, 7) is 4.70. The van der Waals surface area contributed by atoms with Gasteiger partial charge in [0.05, 0.1) is 12.2 Å². The number of hydrogen-bond acceptors (Lipinski definition) is 3. The molecule has 0 aromatic heterocycles. The van der Waals surface area contributed by atoms with Gasteiger partial charge in [0.15, 0.2) is 0 Å². The Bertz CT molecular complexity index is 563. The Kier molecular flexibility index (Phi) is 5.35. The van der Waals surface area contributed by atoms with Crippen LogP contribution in [0.1, 0.15) is 78.1 Å². The van der Waals surface area contributed by atoms with Crippen molar-refractivity contribution in [3.63, 3.8) is 0 Å². The molecule has 4 aliphatic rings. The maximum Gasteiger partial charge on any atom is 0.303 e. The zero-order valence-corrected chi connectivity index (χ0v) is 17.0. The van der Waals surface area contributed by atoms with Crippen molar-refractivity contribution < 1.29 is 20.1 Å².